The van der Waals surface area contributed by atoms with E-state index in [-0.39, 0.29) is 6.04 Å². The second kappa shape index (κ2) is 9.84. The number of benzene rings is 2. The second-order valence-electron chi connectivity index (χ2n) is 6.42. The van der Waals surface area contributed by atoms with Crippen LogP contribution in [0.5, 0.6) is 0 Å². The molecule has 0 bridgehead atoms. The van der Waals surface area contributed by atoms with Gasteiger partial charge in [-0.15, -0.1) is 0 Å². The summed E-state index contributed by atoms with van der Waals surface area (Å²) in [7, 11) is 0. The molecule has 0 aliphatic rings. The second-order valence-corrected chi connectivity index (χ2v) is 6.42. The number of allylic oxidation sites excluding steroid dienone is 1. The maximum absolute atomic E-state index is 11.8. The maximum atomic E-state index is 11.8. The molecule has 0 aliphatic heterocycles. The van der Waals surface area contributed by atoms with E-state index in [1.165, 1.54) is 16.7 Å². The highest BCUT2D eigenvalue weighted by Gasteiger charge is 2.18. The molecule has 0 aliphatic carbocycles. The highest BCUT2D eigenvalue weighted by Crippen LogP contribution is 2.13. The molecule has 0 spiro atoms. The van der Waals surface area contributed by atoms with E-state index >= 15 is 0 Å². The fourth-order valence-corrected chi connectivity index (χ4v) is 2.82. The number of hydrogen-bond donors (Lipinski definition) is 0. The molecule has 2 aromatic rings. The largest absolute Gasteiger partial charge is 0.302 e. The zero-order valence-electron chi connectivity index (χ0n) is 14.7. The summed E-state index contributed by atoms with van der Waals surface area (Å²) in [5, 5.41) is 0. The Morgan fingerprint density at radius 1 is 0.958 bits per heavy atom. The fraction of sp³-hybridized carbons (Fsp3) is 0.318. The molecule has 0 fully saturated rings. The van der Waals surface area contributed by atoms with Crippen molar-refractivity contribution in [2.24, 2.45) is 0 Å². The van der Waals surface area contributed by atoms with Crippen molar-refractivity contribution in [1.82, 2.24) is 4.90 Å². The Morgan fingerprint density at radius 3 is 2.08 bits per heavy atom. The molecule has 0 radical (unpaired) electrons. The number of rotatable bonds is 9. The summed E-state index contributed by atoms with van der Waals surface area (Å²) in [6.45, 7) is 5.91. The number of aldehydes is 1. The average Bonchev–Trinajstić information content (AvgIpc) is 2.60. The van der Waals surface area contributed by atoms with Gasteiger partial charge in [0.25, 0.3) is 0 Å². The van der Waals surface area contributed by atoms with Crippen molar-refractivity contribution in [1.29, 1.82) is 0 Å². The van der Waals surface area contributed by atoms with Crippen molar-refractivity contribution in [2.75, 3.05) is 6.54 Å². The van der Waals surface area contributed by atoms with Crippen LogP contribution in [0.3, 0.4) is 0 Å². The Hall–Kier alpha value is -2.19. The van der Waals surface area contributed by atoms with Crippen molar-refractivity contribution in [3.8, 4) is 0 Å². The summed E-state index contributed by atoms with van der Waals surface area (Å²) in [4.78, 5) is 14.1. The summed E-state index contributed by atoms with van der Waals surface area (Å²) in [5.41, 5.74) is 3.77. The Morgan fingerprint density at radius 2 is 1.54 bits per heavy atom. The quantitative estimate of drug-likeness (QED) is 0.495. The minimum Gasteiger partial charge on any atom is -0.302 e. The van der Waals surface area contributed by atoms with Crippen LogP contribution in [0.2, 0.25) is 0 Å². The van der Waals surface area contributed by atoms with E-state index in [4.69, 9.17) is 0 Å². The van der Waals surface area contributed by atoms with E-state index in [1.54, 1.807) is 0 Å². The van der Waals surface area contributed by atoms with Crippen LogP contribution >= 0.6 is 0 Å². The lowest BCUT2D eigenvalue weighted by Gasteiger charge is -2.28. The lowest BCUT2D eigenvalue weighted by molar-refractivity contribution is -0.112. The smallest absolute Gasteiger partial charge is 0.137 e. The standard InChI is InChI=1S/C22H27NO/c1-19(2)10-9-15-23(17-21-13-7-4-8-14-21)22(18-24)16-20-11-5-3-6-12-20/h3-8,10-14,18,22H,9,15-17H2,1-2H3/t22-/m0/s1. The monoisotopic (exact) mass is 321 g/mol. The van der Waals surface area contributed by atoms with E-state index in [0.717, 1.165) is 32.2 Å². The molecular weight excluding hydrogens is 294 g/mol. The van der Waals surface area contributed by atoms with Crippen molar-refractivity contribution in [2.45, 2.75) is 39.3 Å². The molecule has 0 unspecified atom stereocenters. The highest BCUT2D eigenvalue weighted by molar-refractivity contribution is 5.58. The van der Waals surface area contributed by atoms with E-state index in [9.17, 15) is 4.79 Å². The van der Waals surface area contributed by atoms with Gasteiger partial charge in [-0.1, -0.05) is 72.3 Å². The maximum Gasteiger partial charge on any atom is 0.137 e. The minimum absolute atomic E-state index is 0.0989. The third-order valence-corrected chi connectivity index (χ3v) is 4.11. The molecule has 2 nitrogen and oxygen atoms in total. The van der Waals surface area contributed by atoms with Crippen molar-refractivity contribution in [3.05, 3.63) is 83.4 Å². The third-order valence-electron chi connectivity index (χ3n) is 4.11. The van der Waals surface area contributed by atoms with Crippen LogP contribution in [0.15, 0.2) is 72.3 Å². The summed E-state index contributed by atoms with van der Waals surface area (Å²) in [6.07, 6.45) is 5.06. The van der Waals surface area contributed by atoms with Crippen molar-refractivity contribution >= 4 is 6.29 Å². The van der Waals surface area contributed by atoms with Gasteiger partial charge in [-0.05, 0) is 37.8 Å². The van der Waals surface area contributed by atoms with Gasteiger partial charge in [0.1, 0.15) is 6.29 Å². The van der Waals surface area contributed by atoms with E-state index in [1.807, 2.05) is 24.3 Å². The SMILES string of the molecule is CC(C)=CCCN(Cc1ccccc1)[C@H](C=O)Cc1ccccc1. The topological polar surface area (TPSA) is 20.3 Å². The molecule has 2 heteroatoms. The Kier molecular flexibility index (Phi) is 7.44. The third kappa shape index (κ3) is 6.13. The van der Waals surface area contributed by atoms with Crippen LogP contribution in [0.4, 0.5) is 0 Å². The van der Waals surface area contributed by atoms with Crippen molar-refractivity contribution in [3.63, 3.8) is 0 Å². The van der Waals surface area contributed by atoms with E-state index in [0.29, 0.717) is 0 Å². The van der Waals surface area contributed by atoms with Gasteiger partial charge < -0.3 is 4.79 Å². The Bertz CT molecular complexity index is 630. The van der Waals surface area contributed by atoms with Crippen LogP contribution in [0, 0.1) is 0 Å². The van der Waals surface area contributed by atoms with Crippen LogP contribution in [0.25, 0.3) is 0 Å². The lowest BCUT2D eigenvalue weighted by Crippen LogP contribution is -2.38. The molecule has 24 heavy (non-hydrogen) atoms. The molecule has 2 aromatic carbocycles. The van der Waals surface area contributed by atoms with E-state index in [2.05, 4.69) is 61.2 Å². The van der Waals surface area contributed by atoms with Crippen LogP contribution < -0.4 is 0 Å². The normalized spacial score (nSPS) is 12.0. The number of carbonyl (C=O) groups excluding carboxylic acids is 1. The molecule has 1 atom stereocenters. The molecular formula is C22H27NO. The first-order valence-corrected chi connectivity index (χ1v) is 8.59. The molecule has 0 saturated heterocycles. The first kappa shape index (κ1) is 18.2. The molecule has 0 aromatic heterocycles. The predicted molar refractivity (Wildman–Crippen MR) is 101 cm³/mol. The summed E-state index contributed by atoms with van der Waals surface area (Å²) in [6, 6.07) is 20.5. The predicted octanol–water partition coefficient (Wildman–Crippen LogP) is 4.66. The van der Waals surface area contributed by atoms with Gasteiger partial charge in [0.05, 0.1) is 6.04 Å². The number of carbonyl (C=O) groups is 1. The van der Waals surface area contributed by atoms with Gasteiger partial charge in [0, 0.05) is 13.1 Å². The van der Waals surface area contributed by atoms with Crippen LogP contribution in [-0.2, 0) is 17.8 Å². The van der Waals surface area contributed by atoms with Gasteiger partial charge in [0.15, 0.2) is 0 Å². The van der Waals surface area contributed by atoms with Crippen LogP contribution in [-0.4, -0.2) is 23.8 Å². The van der Waals surface area contributed by atoms with Gasteiger partial charge in [0.2, 0.25) is 0 Å². The highest BCUT2D eigenvalue weighted by atomic mass is 16.1. The molecule has 0 N–H and O–H groups in total. The zero-order valence-corrected chi connectivity index (χ0v) is 14.7. The summed E-state index contributed by atoms with van der Waals surface area (Å²) < 4.78 is 0. The average molecular weight is 321 g/mol. The first-order valence-electron chi connectivity index (χ1n) is 8.59. The molecule has 0 heterocycles. The molecule has 2 rings (SSSR count). The summed E-state index contributed by atoms with van der Waals surface area (Å²) >= 11 is 0. The van der Waals surface area contributed by atoms with Gasteiger partial charge in [-0.25, -0.2) is 0 Å². The number of hydrogen-bond acceptors (Lipinski definition) is 2. The minimum atomic E-state index is -0.0989. The van der Waals surface area contributed by atoms with Gasteiger partial charge in [-0.3, -0.25) is 4.90 Å². The summed E-state index contributed by atoms with van der Waals surface area (Å²) in [5.74, 6) is 0. The lowest BCUT2D eigenvalue weighted by atomic mass is 10.0. The molecule has 126 valence electrons. The van der Waals surface area contributed by atoms with E-state index < -0.39 is 0 Å². The van der Waals surface area contributed by atoms with Gasteiger partial charge >= 0.3 is 0 Å². The molecule has 0 amide bonds. The zero-order chi connectivity index (χ0) is 17.2. The fourth-order valence-electron chi connectivity index (χ4n) is 2.82. The first-order chi connectivity index (χ1) is 11.7. The number of nitrogens with zero attached hydrogens (tertiary/aromatic N) is 1. The van der Waals surface area contributed by atoms with Crippen molar-refractivity contribution < 1.29 is 4.79 Å². The Balaban J connectivity index is 2.11. The Labute approximate surface area is 145 Å². The van der Waals surface area contributed by atoms with Gasteiger partial charge in [-0.2, -0.15) is 0 Å². The van der Waals surface area contributed by atoms with Crippen LogP contribution in [0.1, 0.15) is 31.4 Å². The molecule has 0 saturated carbocycles.